The third-order valence-electron chi connectivity index (χ3n) is 5.55. The first kappa shape index (κ1) is 16.7. The molecule has 6 nitrogen and oxygen atoms in total. The lowest BCUT2D eigenvalue weighted by Crippen LogP contribution is -2.74. The molecule has 3 saturated heterocycles. The van der Waals surface area contributed by atoms with E-state index in [9.17, 15) is 9.59 Å². The molecular weight excluding hydrogens is 340 g/mol. The van der Waals surface area contributed by atoms with Crippen molar-refractivity contribution in [3.63, 3.8) is 0 Å². The minimum Gasteiger partial charge on any atom is -0.388 e. The number of likely N-dealkylation sites (tertiary alicyclic amines) is 2. The second-order valence-electron chi connectivity index (χ2n) is 7.45. The van der Waals surface area contributed by atoms with Crippen LogP contribution in [0.25, 0.3) is 0 Å². The number of carbonyl (C=O) groups excluding carboxylic acids is 2. The SMILES string of the molecule is CNc1ccc(C(=O)N2CC3(C2)CN(C(=O)C2CCCN2)C3)c(Cl)c1. The Bertz CT molecular complexity index is 703. The van der Waals surface area contributed by atoms with E-state index in [-0.39, 0.29) is 23.3 Å². The Morgan fingerprint density at radius 1 is 1.24 bits per heavy atom. The van der Waals surface area contributed by atoms with Gasteiger partial charge in [0.15, 0.2) is 0 Å². The van der Waals surface area contributed by atoms with Gasteiger partial charge >= 0.3 is 0 Å². The lowest BCUT2D eigenvalue weighted by atomic mass is 9.72. The zero-order chi connectivity index (χ0) is 17.6. The van der Waals surface area contributed by atoms with Crippen LogP contribution in [0, 0.1) is 5.41 Å². The molecule has 0 aromatic heterocycles. The van der Waals surface area contributed by atoms with Crippen molar-refractivity contribution in [3.05, 3.63) is 28.8 Å². The monoisotopic (exact) mass is 362 g/mol. The van der Waals surface area contributed by atoms with E-state index in [2.05, 4.69) is 10.6 Å². The molecular formula is C18H23ClN4O2. The number of halogens is 1. The number of hydrogen-bond donors (Lipinski definition) is 2. The van der Waals surface area contributed by atoms with Crippen molar-refractivity contribution in [2.45, 2.75) is 18.9 Å². The maximum Gasteiger partial charge on any atom is 0.255 e. The van der Waals surface area contributed by atoms with Crippen LogP contribution < -0.4 is 10.6 Å². The zero-order valence-electron chi connectivity index (χ0n) is 14.3. The van der Waals surface area contributed by atoms with Crippen LogP contribution in [0.5, 0.6) is 0 Å². The van der Waals surface area contributed by atoms with Crippen LogP contribution in [-0.4, -0.2) is 67.4 Å². The van der Waals surface area contributed by atoms with E-state index in [4.69, 9.17) is 11.6 Å². The summed E-state index contributed by atoms with van der Waals surface area (Å²) < 4.78 is 0. The highest BCUT2D eigenvalue weighted by molar-refractivity contribution is 6.34. The highest BCUT2D eigenvalue weighted by Crippen LogP contribution is 2.41. The topological polar surface area (TPSA) is 64.7 Å². The van der Waals surface area contributed by atoms with Crippen LogP contribution in [0.15, 0.2) is 18.2 Å². The Balaban J connectivity index is 1.32. The number of carbonyl (C=O) groups is 2. The number of nitrogens with zero attached hydrogens (tertiary/aromatic N) is 2. The van der Waals surface area contributed by atoms with Crippen LogP contribution in [0.2, 0.25) is 5.02 Å². The first-order valence-electron chi connectivity index (χ1n) is 8.80. The quantitative estimate of drug-likeness (QED) is 0.853. The Labute approximate surface area is 152 Å². The molecule has 3 aliphatic rings. The molecule has 1 atom stereocenters. The summed E-state index contributed by atoms with van der Waals surface area (Å²) in [6.45, 7) is 3.88. The van der Waals surface area contributed by atoms with Gasteiger partial charge in [-0.15, -0.1) is 0 Å². The number of rotatable bonds is 3. The minimum atomic E-state index is -0.0273. The normalized spacial score (nSPS) is 24.0. The predicted octanol–water partition coefficient (Wildman–Crippen LogP) is 1.42. The first-order chi connectivity index (χ1) is 12.0. The van der Waals surface area contributed by atoms with Crippen LogP contribution >= 0.6 is 11.6 Å². The van der Waals surface area contributed by atoms with Gasteiger partial charge in [0.2, 0.25) is 5.91 Å². The Morgan fingerprint density at radius 3 is 2.56 bits per heavy atom. The molecule has 25 heavy (non-hydrogen) atoms. The van der Waals surface area contributed by atoms with Crippen LogP contribution in [0.4, 0.5) is 5.69 Å². The van der Waals surface area contributed by atoms with Gasteiger partial charge in [0.25, 0.3) is 5.91 Å². The van der Waals surface area contributed by atoms with Crippen molar-refractivity contribution in [1.82, 2.24) is 15.1 Å². The Hall–Kier alpha value is -1.79. The fourth-order valence-electron chi connectivity index (χ4n) is 4.16. The number of nitrogens with one attached hydrogen (secondary N) is 2. The Morgan fingerprint density at radius 2 is 1.96 bits per heavy atom. The second-order valence-corrected chi connectivity index (χ2v) is 7.86. The molecule has 134 valence electrons. The van der Waals surface area contributed by atoms with Crippen molar-refractivity contribution in [2.24, 2.45) is 5.41 Å². The number of amides is 2. The van der Waals surface area contributed by atoms with E-state index in [1.54, 1.807) is 12.1 Å². The molecule has 1 unspecified atom stereocenters. The van der Waals surface area contributed by atoms with Gasteiger partial charge in [-0.25, -0.2) is 0 Å². The number of hydrogen-bond acceptors (Lipinski definition) is 4. The molecule has 2 amide bonds. The fourth-order valence-corrected chi connectivity index (χ4v) is 4.42. The van der Waals surface area contributed by atoms with Gasteiger partial charge in [-0.1, -0.05) is 11.6 Å². The van der Waals surface area contributed by atoms with E-state index in [1.165, 1.54) is 0 Å². The van der Waals surface area contributed by atoms with E-state index >= 15 is 0 Å². The Kier molecular flexibility index (Phi) is 4.12. The smallest absolute Gasteiger partial charge is 0.255 e. The highest BCUT2D eigenvalue weighted by atomic mass is 35.5. The average molecular weight is 363 g/mol. The first-order valence-corrected chi connectivity index (χ1v) is 9.18. The largest absolute Gasteiger partial charge is 0.388 e. The maximum absolute atomic E-state index is 12.6. The summed E-state index contributed by atoms with van der Waals surface area (Å²) in [7, 11) is 1.82. The van der Waals surface area contributed by atoms with Gasteiger partial charge in [0.05, 0.1) is 16.6 Å². The third kappa shape index (κ3) is 2.87. The summed E-state index contributed by atoms with van der Waals surface area (Å²) in [6, 6.07) is 5.39. The van der Waals surface area contributed by atoms with E-state index in [0.29, 0.717) is 23.7 Å². The van der Waals surface area contributed by atoms with E-state index < -0.39 is 0 Å². The molecule has 0 radical (unpaired) electrons. The summed E-state index contributed by atoms with van der Waals surface area (Å²) in [5.41, 5.74) is 1.52. The molecule has 0 saturated carbocycles. The van der Waals surface area contributed by atoms with Crippen LogP contribution in [-0.2, 0) is 4.79 Å². The number of anilines is 1. The molecule has 1 aromatic carbocycles. The highest BCUT2D eigenvalue weighted by Gasteiger charge is 2.55. The van der Waals surface area contributed by atoms with Crippen molar-refractivity contribution >= 4 is 29.1 Å². The lowest BCUT2D eigenvalue weighted by Gasteiger charge is -2.60. The van der Waals surface area contributed by atoms with E-state index in [0.717, 1.165) is 38.2 Å². The second kappa shape index (κ2) is 6.18. The molecule has 3 aliphatic heterocycles. The molecule has 0 bridgehead atoms. The van der Waals surface area contributed by atoms with Gasteiger partial charge in [0, 0.05) is 44.3 Å². The van der Waals surface area contributed by atoms with Gasteiger partial charge in [-0.05, 0) is 37.6 Å². The van der Waals surface area contributed by atoms with E-state index in [1.807, 2.05) is 22.9 Å². The summed E-state index contributed by atoms with van der Waals surface area (Å²) >= 11 is 6.24. The zero-order valence-corrected chi connectivity index (χ0v) is 15.1. The summed E-state index contributed by atoms with van der Waals surface area (Å²) in [6.07, 6.45) is 2.01. The molecule has 2 N–H and O–H groups in total. The molecule has 1 spiro atoms. The van der Waals surface area contributed by atoms with Crippen LogP contribution in [0.3, 0.4) is 0 Å². The standard InChI is InChI=1S/C18H23ClN4O2/c1-20-12-4-5-13(14(19)7-12)16(24)22-8-18(9-22)10-23(11-18)17(25)15-3-2-6-21-15/h4-5,7,15,20-21H,2-3,6,8-11H2,1H3. The van der Waals surface area contributed by atoms with Crippen molar-refractivity contribution in [2.75, 3.05) is 45.1 Å². The molecule has 3 heterocycles. The van der Waals surface area contributed by atoms with Crippen molar-refractivity contribution in [3.8, 4) is 0 Å². The molecule has 0 aliphatic carbocycles. The molecule has 3 fully saturated rings. The molecule has 4 rings (SSSR count). The summed E-state index contributed by atoms with van der Waals surface area (Å²) in [5.74, 6) is 0.194. The fraction of sp³-hybridized carbons (Fsp3) is 0.556. The molecule has 7 heteroatoms. The lowest BCUT2D eigenvalue weighted by molar-refractivity contribution is -0.156. The van der Waals surface area contributed by atoms with Gasteiger partial charge < -0.3 is 20.4 Å². The molecule has 1 aromatic rings. The van der Waals surface area contributed by atoms with Gasteiger partial charge in [-0.3, -0.25) is 9.59 Å². The van der Waals surface area contributed by atoms with Gasteiger partial charge in [0.1, 0.15) is 0 Å². The number of benzene rings is 1. The minimum absolute atomic E-state index is 0.000317. The summed E-state index contributed by atoms with van der Waals surface area (Å²) in [5, 5.41) is 6.73. The maximum atomic E-state index is 12.6. The third-order valence-corrected chi connectivity index (χ3v) is 5.86. The predicted molar refractivity (Wildman–Crippen MR) is 96.9 cm³/mol. The van der Waals surface area contributed by atoms with Gasteiger partial charge in [-0.2, -0.15) is 0 Å². The van der Waals surface area contributed by atoms with Crippen molar-refractivity contribution in [1.29, 1.82) is 0 Å². The van der Waals surface area contributed by atoms with Crippen molar-refractivity contribution < 1.29 is 9.59 Å². The average Bonchev–Trinajstić information content (AvgIpc) is 3.06. The van der Waals surface area contributed by atoms with Crippen LogP contribution in [0.1, 0.15) is 23.2 Å². The summed E-state index contributed by atoms with van der Waals surface area (Å²) in [4.78, 5) is 28.7.